The minimum absolute atomic E-state index is 0.709. The van der Waals surface area contributed by atoms with Gasteiger partial charge in [-0.25, -0.2) is 0 Å². The molecule has 0 aromatic heterocycles. The van der Waals surface area contributed by atoms with Crippen LogP contribution in [0.3, 0.4) is 0 Å². The van der Waals surface area contributed by atoms with Crippen LogP contribution >= 0.6 is 0 Å². The van der Waals surface area contributed by atoms with Crippen LogP contribution < -0.4 is 15.8 Å². The van der Waals surface area contributed by atoms with Gasteiger partial charge in [0.2, 0.25) is 0 Å². The second kappa shape index (κ2) is 7.07. The number of nitrogen functional groups attached to an aromatic ring is 1. The van der Waals surface area contributed by atoms with Crippen LogP contribution in [0.4, 0.5) is 11.4 Å². The summed E-state index contributed by atoms with van der Waals surface area (Å²) in [7, 11) is 0. The number of nitrogens with one attached hydrogen (secondary N) is 1. The first-order valence-electron chi connectivity index (χ1n) is 7.24. The van der Waals surface area contributed by atoms with Gasteiger partial charge in [0, 0.05) is 6.54 Å². The van der Waals surface area contributed by atoms with Gasteiger partial charge in [0.25, 0.3) is 0 Å². The normalized spacial score (nSPS) is 14.3. The standard InChI is InChI=1S/C16H24N2O/c1-2-12-19-15-9-5-8-14(16(15)17)18-11-10-13-6-3-4-7-13/h5-6,8-9,18H,2-4,7,10-12,17H2,1H3. The van der Waals surface area contributed by atoms with Crippen molar-refractivity contribution in [2.45, 2.75) is 39.0 Å². The molecule has 0 unspecified atom stereocenters. The quantitative estimate of drug-likeness (QED) is 0.576. The predicted octanol–water partition coefficient (Wildman–Crippen LogP) is 3.97. The fraction of sp³-hybridized carbons (Fsp3) is 0.500. The van der Waals surface area contributed by atoms with Crippen LogP contribution in [0.1, 0.15) is 39.0 Å². The first-order valence-corrected chi connectivity index (χ1v) is 7.24. The van der Waals surface area contributed by atoms with Gasteiger partial charge >= 0.3 is 0 Å². The van der Waals surface area contributed by atoms with Crippen LogP contribution in [-0.2, 0) is 0 Å². The van der Waals surface area contributed by atoms with E-state index < -0.39 is 0 Å². The van der Waals surface area contributed by atoms with Gasteiger partial charge in [0.1, 0.15) is 5.75 Å². The lowest BCUT2D eigenvalue weighted by Crippen LogP contribution is -2.06. The van der Waals surface area contributed by atoms with Gasteiger partial charge in [-0.15, -0.1) is 0 Å². The molecule has 104 valence electrons. The number of hydrogen-bond acceptors (Lipinski definition) is 3. The number of allylic oxidation sites excluding steroid dienone is 1. The van der Waals surface area contributed by atoms with Crippen molar-refractivity contribution in [3.05, 3.63) is 29.8 Å². The average Bonchev–Trinajstić information content (AvgIpc) is 2.92. The first kappa shape index (κ1) is 13.8. The van der Waals surface area contributed by atoms with E-state index in [1.807, 2.05) is 18.2 Å². The molecule has 1 aromatic carbocycles. The number of para-hydroxylation sites is 1. The van der Waals surface area contributed by atoms with E-state index in [4.69, 9.17) is 10.5 Å². The molecule has 1 aliphatic carbocycles. The summed E-state index contributed by atoms with van der Waals surface area (Å²) in [5.41, 5.74) is 9.39. The molecule has 0 heterocycles. The average molecular weight is 260 g/mol. The Bertz CT molecular complexity index is 440. The summed E-state index contributed by atoms with van der Waals surface area (Å²) in [5.74, 6) is 0.784. The maximum atomic E-state index is 6.12. The Morgan fingerprint density at radius 1 is 1.37 bits per heavy atom. The van der Waals surface area contributed by atoms with Crippen LogP contribution in [-0.4, -0.2) is 13.2 Å². The Balaban J connectivity index is 1.88. The van der Waals surface area contributed by atoms with Crippen molar-refractivity contribution >= 4 is 11.4 Å². The van der Waals surface area contributed by atoms with Crippen molar-refractivity contribution in [3.8, 4) is 5.75 Å². The SMILES string of the molecule is CCCOc1cccc(NCCC2=CCCC2)c1N. The van der Waals surface area contributed by atoms with Crippen LogP contribution in [0.25, 0.3) is 0 Å². The molecule has 0 aliphatic heterocycles. The lowest BCUT2D eigenvalue weighted by molar-refractivity contribution is 0.319. The zero-order valence-corrected chi connectivity index (χ0v) is 11.7. The van der Waals surface area contributed by atoms with Gasteiger partial charge in [0.05, 0.1) is 18.0 Å². The van der Waals surface area contributed by atoms with Crippen molar-refractivity contribution < 1.29 is 4.74 Å². The number of rotatable bonds is 7. The number of hydrogen-bond donors (Lipinski definition) is 2. The molecule has 3 N–H and O–H groups in total. The molecule has 0 spiro atoms. The fourth-order valence-corrected chi connectivity index (χ4v) is 2.36. The molecule has 1 aromatic rings. The molecule has 0 radical (unpaired) electrons. The van der Waals surface area contributed by atoms with E-state index in [1.54, 1.807) is 5.57 Å². The Morgan fingerprint density at radius 2 is 2.26 bits per heavy atom. The lowest BCUT2D eigenvalue weighted by atomic mass is 10.1. The van der Waals surface area contributed by atoms with Gasteiger partial charge in [0.15, 0.2) is 0 Å². The molecule has 1 aliphatic rings. The van der Waals surface area contributed by atoms with E-state index in [2.05, 4.69) is 18.3 Å². The number of anilines is 2. The summed E-state index contributed by atoms with van der Waals surface area (Å²) in [5, 5.41) is 3.41. The molecule has 0 fully saturated rings. The Morgan fingerprint density at radius 3 is 3.00 bits per heavy atom. The zero-order chi connectivity index (χ0) is 13.5. The third-order valence-corrected chi connectivity index (χ3v) is 3.42. The molecular formula is C16H24N2O. The summed E-state index contributed by atoms with van der Waals surface area (Å²) < 4.78 is 5.63. The van der Waals surface area contributed by atoms with Crippen molar-refractivity contribution in [1.29, 1.82) is 0 Å². The van der Waals surface area contributed by atoms with Crippen molar-refractivity contribution in [2.75, 3.05) is 24.2 Å². The fourth-order valence-electron chi connectivity index (χ4n) is 2.36. The number of ether oxygens (including phenoxy) is 1. The number of nitrogens with two attached hydrogens (primary N) is 1. The highest BCUT2D eigenvalue weighted by atomic mass is 16.5. The summed E-state index contributed by atoms with van der Waals surface area (Å²) in [4.78, 5) is 0. The monoisotopic (exact) mass is 260 g/mol. The van der Waals surface area contributed by atoms with Crippen molar-refractivity contribution in [1.82, 2.24) is 0 Å². The maximum Gasteiger partial charge on any atom is 0.144 e. The molecular weight excluding hydrogens is 236 g/mol. The first-order chi connectivity index (χ1) is 9.31. The van der Waals surface area contributed by atoms with Crippen LogP contribution in [0.5, 0.6) is 5.75 Å². The Kier molecular flexibility index (Phi) is 5.13. The van der Waals surface area contributed by atoms with Gasteiger partial charge in [-0.05, 0) is 44.2 Å². The lowest BCUT2D eigenvalue weighted by Gasteiger charge is -2.13. The second-order valence-electron chi connectivity index (χ2n) is 5.00. The van der Waals surface area contributed by atoms with E-state index in [1.165, 1.54) is 19.3 Å². The largest absolute Gasteiger partial charge is 0.491 e. The Labute approximate surface area is 115 Å². The smallest absolute Gasteiger partial charge is 0.144 e. The maximum absolute atomic E-state index is 6.12. The van der Waals surface area contributed by atoms with E-state index in [0.29, 0.717) is 6.61 Å². The molecule has 0 atom stereocenters. The summed E-state index contributed by atoms with van der Waals surface area (Å²) in [6, 6.07) is 5.92. The van der Waals surface area contributed by atoms with Gasteiger partial charge in [-0.1, -0.05) is 24.6 Å². The third kappa shape index (κ3) is 3.91. The third-order valence-electron chi connectivity index (χ3n) is 3.42. The van der Waals surface area contributed by atoms with Gasteiger partial charge < -0.3 is 15.8 Å². The van der Waals surface area contributed by atoms with Crippen LogP contribution in [0, 0.1) is 0 Å². The van der Waals surface area contributed by atoms with E-state index in [0.717, 1.165) is 36.5 Å². The highest BCUT2D eigenvalue weighted by Gasteiger charge is 2.07. The van der Waals surface area contributed by atoms with Crippen LogP contribution in [0.2, 0.25) is 0 Å². The summed E-state index contributed by atoms with van der Waals surface area (Å²) in [6.45, 7) is 3.74. The summed E-state index contributed by atoms with van der Waals surface area (Å²) >= 11 is 0. The highest BCUT2D eigenvalue weighted by Crippen LogP contribution is 2.29. The molecule has 0 saturated heterocycles. The molecule has 0 amide bonds. The minimum atomic E-state index is 0.709. The molecule has 0 saturated carbocycles. The van der Waals surface area contributed by atoms with Crippen molar-refractivity contribution in [3.63, 3.8) is 0 Å². The van der Waals surface area contributed by atoms with E-state index in [9.17, 15) is 0 Å². The molecule has 2 rings (SSSR count). The minimum Gasteiger partial charge on any atom is -0.491 e. The highest BCUT2D eigenvalue weighted by molar-refractivity contribution is 5.72. The topological polar surface area (TPSA) is 47.3 Å². The molecule has 0 bridgehead atoms. The van der Waals surface area contributed by atoms with Gasteiger partial charge in [-0.3, -0.25) is 0 Å². The molecule has 19 heavy (non-hydrogen) atoms. The molecule has 3 nitrogen and oxygen atoms in total. The van der Waals surface area contributed by atoms with Crippen LogP contribution in [0.15, 0.2) is 29.8 Å². The summed E-state index contributed by atoms with van der Waals surface area (Å²) in [6.07, 6.45) is 8.29. The molecule has 3 heteroatoms. The van der Waals surface area contributed by atoms with E-state index in [-0.39, 0.29) is 0 Å². The predicted molar refractivity (Wildman–Crippen MR) is 81.7 cm³/mol. The number of benzene rings is 1. The van der Waals surface area contributed by atoms with Gasteiger partial charge in [-0.2, -0.15) is 0 Å². The zero-order valence-electron chi connectivity index (χ0n) is 11.7. The van der Waals surface area contributed by atoms with Crippen molar-refractivity contribution in [2.24, 2.45) is 0 Å². The Hall–Kier alpha value is -1.64. The second-order valence-corrected chi connectivity index (χ2v) is 5.00. The van der Waals surface area contributed by atoms with E-state index >= 15 is 0 Å².